The first kappa shape index (κ1) is 26.5. The fourth-order valence-corrected chi connectivity index (χ4v) is 4.01. The second kappa shape index (κ2) is 13.1. The van der Waals surface area contributed by atoms with Gasteiger partial charge in [-0.2, -0.15) is 0 Å². The molecule has 0 radical (unpaired) electrons. The van der Waals surface area contributed by atoms with Gasteiger partial charge < -0.3 is 20.3 Å². The van der Waals surface area contributed by atoms with Crippen molar-refractivity contribution in [3.05, 3.63) is 70.5 Å². The molecular formula is C25H36FIN4O. The minimum absolute atomic E-state index is 0. The molecule has 2 N–H and O–H groups in total. The van der Waals surface area contributed by atoms with Crippen LogP contribution in [0.3, 0.4) is 0 Å². The van der Waals surface area contributed by atoms with Crippen molar-refractivity contribution in [2.45, 2.75) is 39.0 Å². The fraction of sp³-hybridized carbons (Fsp3) is 0.480. The minimum Gasteiger partial charge on any atom is -0.373 e. The topological polar surface area (TPSA) is 48.9 Å². The lowest BCUT2D eigenvalue weighted by molar-refractivity contribution is -0.0265. The highest BCUT2D eigenvalue weighted by Crippen LogP contribution is 2.33. The molecular weight excluding hydrogens is 518 g/mol. The van der Waals surface area contributed by atoms with Crippen molar-refractivity contribution in [3.63, 3.8) is 0 Å². The van der Waals surface area contributed by atoms with Crippen LogP contribution in [0.1, 0.15) is 41.2 Å². The number of nitrogens with one attached hydrogen (secondary N) is 2. The van der Waals surface area contributed by atoms with Gasteiger partial charge in [-0.15, -0.1) is 24.0 Å². The Morgan fingerprint density at radius 3 is 2.59 bits per heavy atom. The van der Waals surface area contributed by atoms with Crippen molar-refractivity contribution in [3.8, 4) is 0 Å². The molecule has 32 heavy (non-hydrogen) atoms. The molecule has 0 aromatic heterocycles. The maximum atomic E-state index is 14.0. The van der Waals surface area contributed by atoms with Crippen molar-refractivity contribution in [1.82, 2.24) is 15.5 Å². The number of halogens is 2. The van der Waals surface area contributed by atoms with Gasteiger partial charge in [0.05, 0.1) is 6.10 Å². The van der Waals surface area contributed by atoms with Crippen LogP contribution < -0.4 is 10.6 Å². The first-order valence-corrected chi connectivity index (χ1v) is 11.0. The number of aryl methyl sites for hydroxylation is 1. The highest BCUT2D eigenvalue weighted by Gasteiger charge is 2.27. The highest BCUT2D eigenvalue weighted by molar-refractivity contribution is 14.0. The van der Waals surface area contributed by atoms with Crippen molar-refractivity contribution < 1.29 is 9.13 Å². The Bertz CT molecular complexity index is 873. The van der Waals surface area contributed by atoms with Gasteiger partial charge in [0.1, 0.15) is 5.82 Å². The summed E-state index contributed by atoms with van der Waals surface area (Å²) in [4.78, 5) is 6.32. The van der Waals surface area contributed by atoms with Gasteiger partial charge in [0.2, 0.25) is 0 Å². The third-order valence-electron chi connectivity index (χ3n) is 5.66. The van der Waals surface area contributed by atoms with Crippen molar-refractivity contribution in [1.29, 1.82) is 0 Å². The Hall–Kier alpha value is -1.71. The molecule has 3 rings (SSSR count). The molecule has 1 fully saturated rings. The molecule has 2 aromatic rings. The third-order valence-corrected chi connectivity index (χ3v) is 5.66. The summed E-state index contributed by atoms with van der Waals surface area (Å²) < 4.78 is 20.2. The lowest BCUT2D eigenvalue weighted by Gasteiger charge is -2.32. The summed E-state index contributed by atoms with van der Waals surface area (Å²) in [6.45, 7) is 4.86. The van der Waals surface area contributed by atoms with E-state index in [1.54, 1.807) is 7.05 Å². The zero-order valence-corrected chi connectivity index (χ0v) is 21.9. The van der Waals surface area contributed by atoms with Crippen molar-refractivity contribution in [2.75, 3.05) is 34.3 Å². The Morgan fingerprint density at radius 2 is 1.91 bits per heavy atom. The maximum absolute atomic E-state index is 14.0. The van der Waals surface area contributed by atoms with Crippen LogP contribution in [0.4, 0.5) is 4.39 Å². The van der Waals surface area contributed by atoms with Crippen LogP contribution in [0.2, 0.25) is 0 Å². The van der Waals surface area contributed by atoms with E-state index in [2.05, 4.69) is 46.8 Å². The maximum Gasteiger partial charge on any atom is 0.191 e. The molecule has 2 atom stereocenters. The van der Waals surface area contributed by atoms with E-state index < -0.39 is 0 Å². The second-order valence-electron chi connectivity index (χ2n) is 8.57. The van der Waals surface area contributed by atoms with Crippen LogP contribution in [0.15, 0.2) is 47.5 Å². The number of nitrogens with zero attached hydrogens (tertiary/aromatic N) is 2. The van der Waals surface area contributed by atoms with E-state index >= 15 is 0 Å². The molecule has 1 aliphatic rings. The minimum atomic E-state index is -0.167. The Morgan fingerprint density at radius 1 is 1.16 bits per heavy atom. The van der Waals surface area contributed by atoms with E-state index in [-0.39, 0.29) is 35.9 Å². The van der Waals surface area contributed by atoms with Crippen LogP contribution in [-0.2, 0) is 17.8 Å². The van der Waals surface area contributed by atoms with E-state index in [9.17, 15) is 4.39 Å². The lowest BCUT2D eigenvalue weighted by atomic mass is 9.89. The van der Waals surface area contributed by atoms with E-state index in [0.29, 0.717) is 24.6 Å². The first-order chi connectivity index (χ1) is 15.0. The van der Waals surface area contributed by atoms with Crippen LogP contribution >= 0.6 is 24.0 Å². The summed E-state index contributed by atoms with van der Waals surface area (Å²) in [5.74, 6) is 0.957. The predicted octanol–water partition coefficient (Wildman–Crippen LogP) is 4.65. The summed E-state index contributed by atoms with van der Waals surface area (Å²) in [7, 11) is 5.65. The Balaban J connectivity index is 0.00000363. The molecule has 5 nitrogen and oxygen atoms in total. The molecule has 0 aliphatic carbocycles. The summed E-state index contributed by atoms with van der Waals surface area (Å²) in [6, 6.07) is 13.9. The average molecular weight is 554 g/mol. The van der Waals surface area contributed by atoms with Gasteiger partial charge in [-0.05, 0) is 57.1 Å². The Kier molecular flexibility index (Phi) is 10.9. The molecule has 2 aromatic carbocycles. The van der Waals surface area contributed by atoms with E-state index in [1.165, 1.54) is 17.2 Å². The molecule has 0 saturated carbocycles. The second-order valence-corrected chi connectivity index (χ2v) is 8.57. The molecule has 1 saturated heterocycles. The largest absolute Gasteiger partial charge is 0.373 e. The van der Waals surface area contributed by atoms with Gasteiger partial charge in [0, 0.05) is 44.8 Å². The molecule has 176 valence electrons. The molecule has 2 unspecified atom stereocenters. The molecule has 1 aliphatic heterocycles. The van der Waals surface area contributed by atoms with Gasteiger partial charge in [0.25, 0.3) is 0 Å². The van der Waals surface area contributed by atoms with E-state index in [1.807, 2.05) is 31.1 Å². The van der Waals surface area contributed by atoms with E-state index in [0.717, 1.165) is 37.5 Å². The van der Waals surface area contributed by atoms with Gasteiger partial charge in [-0.3, -0.25) is 4.99 Å². The number of benzene rings is 2. The lowest BCUT2D eigenvalue weighted by Crippen LogP contribution is -2.41. The van der Waals surface area contributed by atoms with Gasteiger partial charge in [-0.1, -0.05) is 35.9 Å². The van der Waals surface area contributed by atoms with Crippen LogP contribution in [-0.4, -0.2) is 45.2 Å². The van der Waals surface area contributed by atoms with Gasteiger partial charge in [0.15, 0.2) is 5.96 Å². The predicted molar refractivity (Wildman–Crippen MR) is 140 cm³/mol. The molecule has 0 spiro atoms. The SMILES string of the molecule is CN=C(NCc1ccc(F)c(CN(C)C)c1)NCC1CCCOC1c1ccc(C)cc1.I. The highest BCUT2D eigenvalue weighted by atomic mass is 127. The summed E-state index contributed by atoms with van der Waals surface area (Å²) >= 11 is 0. The van der Waals surface area contributed by atoms with Crippen molar-refractivity contribution in [2.24, 2.45) is 10.9 Å². The summed E-state index contributed by atoms with van der Waals surface area (Å²) in [6.07, 6.45) is 2.30. The first-order valence-electron chi connectivity index (χ1n) is 11.0. The smallest absolute Gasteiger partial charge is 0.191 e. The van der Waals surface area contributed by atoms with Crippen LogP contribution in [0.5, 0.6) is 0 Å². The zero-order valence-electron chi connectivity index (χ0n) is 19.5. The molecule has 0 amide bonds. The summed E-state index contributed by atoms with van der Waals surface area (Å²) in [5.41, 5.74) is 4.22. The number of hydrogen-bond acceptors (Lipinski definition) is 3. The van der Waals surface area contributed by atoms with Gasteiger partial charge in [-0.25, -0.2) is 4.39 Å². The normalized spacial score (nSPS) is 18.9. The zero-order chi connectivity index (χ0) is 22.2. The number of hydrogen-bond donors (Lipinski definition) is 2. The number of guanidine groups is 1. The van der Waals surface area contributed by atoms with Crippen LogP contribution in [0, 0.1) is 18.7 Å². The average Bonchev–Trinajstić information content (AvgIpc) is 2.76. The third kappa shape index (κ3) is 7.71. The van der Waals surface area contributed by atoms with Crippen molar-refractivity contribution >= 4 is 29.9 Å². The summed E-state index contributed by atoms with van der Waals surface area (Å²) in [5, 5.41) is 6.80. The monoisotopic (exact) mass is 554 g/mol. The Labute approximate surface area is 208 Å². The van der Waals surface area contributed by atoms with Gasteiger partial charge >= 0.3 is 0 Å². The molecule has 0 bridgehead atoms. The standard InChI is InChI=1S/C25H35FN4O.HI/c1-18-7-10-20(11-8-18)24-21(6-5-13-31-24)16-29-25(27-2)28-15-19-9-12-23(26)22(14-19)17-30(3)4;/h7-12,14,21,24H,5-6,13,15-17H2,1-4H3,(H2,27,28,29);1H. The number of ether oxygens (including phenoxy) is 1. The fourth-order valence-electron chi connectivity index (χ4n) is 4.01. The molecule has 7 heteroatoms. The molecule has 1 heterocycles. The number of aliphatic imine (C=N–C) groups is 1. The quantitative estimate of drug-likeness (QED) is 0.298. The number of rotatable bonds is 7. The van der Waals surface area contributed by atoms with Crippen LogP contribution in [0.25, 0.3) is 0 Å². The van der Waals surface area contributed by atoms with E-state index in [4.69, 9.17) is 4.74 Å².